The SMILES string of the molecule is COc1cc2cc(c1Cl)N(C)C(=O)C[C@H](OC(=O)Nc1ccc3cc(N)ncc3c1)[C@]1(C)O[C@H]1[C@H](C)[C@@H]1C[C@@](O)(NC(=O)O1)[C@H](OC)/C=C/C=C(\C)C2. The zero-order chi connectivity index (χ0) is 38.2. The number of benzene rings is 2. The molecule has 6 rings (SSSR count). The lowest BCUT2D eigenvalue weighted by Gasteiger charge is -2.42. The highest BCUT2D eigenvalue weighted by molar-refractivity contribution is 6.35. The third-order valence-electron chi connectivity index (χ3n) is 10.2. The molecule has 3 aromatic rings. The zero-order valence-electron chi connectivity index (χ0n) is 30.3. The summed E-state index contributed by atoms with van der Waals surface area (Å²) >= 11 is 6.76. The summed E-state index contributed by atoms with van der Waals surface area (Å²) in [4.78, 5) is 46.0. The lowest BCUT2D eigenvalue weighted by molar-refractivity contribution is -0.142. The predicted octanol–water partition coefficient (Wildman–Crippen LogP) is 5.50. The average Bonchev–Trinajstić information content (AvgIpc) is 3.81. The number of carbonyl (C=O) groups is 3. The number of nitrogen functional groups attached to an aromatic ring is 1. The van der Waals surface area contributed by atoms with Gasteiger partial charge < -0.3 is 39.4 Å². The van der Waals surface area contributed by atoms with E-state index < -0.39 is 59.8 Å². The van der Waals surface area contributed by atoms with E-state index in [2.05, 4.69) is 15.6 Å². The summed E-state index contributed by atoms with van der Waals surface area (Å²) in [5, 5.41) is 18.8. The van der Waals surface area contributed by atoms with Crippen LogP contribution < -0.4 is 26.0 Å². The molecule has 2 aromatic carbocycles. The lowest BCUT2D eigenvalue weighted by atomic mass is 9.83. The van der Waals surface area contributed by atoms with Crippen LogP contribution in [0.15, 0.2) is 66.4 Å². The number of epoxide rings is 1. The molecule has 53 heavy (non-hydrogen) atoms. The van der Waals surface area contributed by atoms with E-state index in [1.807, 2.05) is 19.9 Å². The Labute approximate surface area is 312 Å². The lowest BCUT2D eigenvalue weighted by Crippen LogP contribution is -2.63. The van der Waals surface area contributed by atoms with Gasteiger partial charge in [-0.2, -0.15) is 0 Å². The Balaban J connectivity index is 1.36. The number of amides is 3. The molecule has 4 bridgehead atoms. The summed E-state index contributed by atoms with van der Waals surface area (Å²) in [6.07, 6.45) is 1.83. The van der Waals surface area contributed by atoms with Crippen molar-refractivity contribution in [2.75, 3.05) is 37.2 Å². The third-order valence-corrected chi connectivity index (χ3v) is 10.6. The standard InChI is InChI=1S/C38H44ClN5O9/c1-20-8-7-9-29(50-6)38(48)18-28(51-36(47)43-38)21(2)34-37(3,53-34)30(17-32(45)44(4)26-13-22(12-20)14-27(49-5)33(26)39)52-35(46)42-25-11-10-23-16-31(40)41-19-24(23)15-25/h7-11,13-16,19,21,28-30,34,48H,12,17-18H2,1-6H3,(H2,40,41)(H,42,46)(H,43,47)/b9-7+,20-8+/t21-,28+,29-,30+,34+,37+,38+/m1/s1. The van der Waals surface area contributed by atoms with Crippen LogP contribution in [0.2, 0.25) is 5.02 Å². The molecule has 0 unspecified atom stereocenters. The molecule has 14 nitrogen and oxygen atoms in total. The van der Waals surface area contributed by atoms with Gasteiger partial charge in [-0.15, -0.1) is 0 Å². The normalized spacial score (nSPS) is 30.6. The number of halogens is 1. The number of hydrogen-bond acceptors (Lipinski definition) is 11. The van der Waals surface area contributed by atoms with Crippen molar-refractivity contribution in [2.45, 2.75) is 75.8 Å². The van der Waals surface area contributed by atoms with Crippen LogP contribution in [0.3, 0.4) is 0 Å². The van der Waals surface area contributed by atoms with Crippen molar-refractivity contribution in [3.63, 3.8) is 0 Å². The number of aliphatic hydroxyl groups is 1. The molecule has 15 heteroatoms. The van der Waals surface area contributed by atoms with Crippen LogP contribution in [0.4, 0.5) is 26.8 Å². The summed E-state index contributed by atoms with van der Waals surface area (Å²) in [5.41, 5.74) is 5.39. The maximum absolute atomic E-state index is 14.1. The summed E-state index contributed by atoms with van der Waals surface area (Å²) < 4.78 is 29.1. The molecule has 0 aliphatic carbocycles. The highest BCUT2D eigenvalue weighted by atomic mass is 35.5. The van der Waals surface area contributed by atoms with Gasteiger partial charge in [-0.3, -0.25) is 15.4 Å². The molecule has 7 atom stereocenters. The van der Waals surface area contributed by atoms with Gasteiger partial charge >= 0.3 is 12.2 Å². The molecule has 3 aliphatic heterocycles. The molecule has 2 saturated heterocycles. The molecule has 3 amide bonds. The van der Waals surface area contributed by atoms with E-state index in [0.29, 0.717) is 29.4 Å². The van der Waals surface area contributed by atoms with Gasteiger partial charge in [0.15, 0.2) is 5.72 Å². The molecule has 3 aliphatic rings. The van der Waals surface area contributed by atoms with Gasteiger partial charge in [-0.25, -0.2) is 14.6 Å². The van der Waals surface area contributed by atoms with Crippen LogP contribution in [0, 0.1) is 5.92 Å². The topological polar surface area (TPSA) is 187 Å². The van der Waals surface area contributed by atoms with Crippen LogP contribution in [0.1, 0.15) is 39.2 Å². The maximum Gasteiger partial charge on any atom is 0.412 e. The van der Waals surface area contributed by atoms with Crippen molar-refractivity contribution >= 4 is 57.7 Å². The van der Waals surface area contributed by atoms with E-state index in [0.717, 1.165) is 21.9 Å². The number of allylic oxidation sites excluding steroid dienone is 3. The number of fused-ring (bicyclic) bond motifs is 6. The predicted molar refractivity (Wildman–Crippen MR) is 199 cm³/mol. The Morgan fingerprint density at radius 2 is 1.96 bits per heavy atom. The fourth-order valence-corrected chi connectivity index (χ4v) is 7.43. The molecule has 0 saturated carbocycles. The van der Waals surface area contributed by atoms with E-state index in [1.54, 1.807) is 68.7 Å². The minimum absolute atomic E-state index is 0.0400. The van der Waals surface area contributed by atoms with E-state index in [4.69, 9.17) is 41.0 Å². The zero-order valence-corrected chi connectivity index (χ0v) is 31.1. The highest BCUT2D eigenvalue weighted by Crippen LogP contribution is 2.49. The second kappa shape index (κ2) is 14.9. The number of hydrogen-bond donors (Lipinski definition) is 4. The number of ether oxygens (including phenoxy) is 5. The number of pyridine rings is 1. The van der Waals surface area contributed by atoms with Gasteiger partial charge in [-0.1, -0.05) is 48.4 Å². The number of methoxy groups -OCH3 is 2. The summed E-state index contributed by atoms with van der Waals surface area (Å²) in [6, 6.07) is 10.5. The number of nitrogens with one attached hydrogen (secondary N) is 2. The van der Waals surface area contributed by atoms with Crippen LogP contribution in [-0.2, 0) is 30.2 Å². The first kappa shape index (κ1) is 37.9. The van der Waals surface area contributed by atoms with Crippen LogP contribution in [0.5, 0.6) is 5.75 Å². The Hall–Kier alpha value is -4.89. The maximum atomic E-state index is 14.1. The molecule has 0 radical (unpaired) electrons. The van der Waals surface area contributed by atoms with Crippen molar-refractivity contribution in [2.24, 2.45) is 5.92 Å². The number of rotatable bonds is 4. The molecule has 0 spiro atoms. The number of carbonyl (C=O) groups excluding carboxylic acids is 3. The summed E-state index contributed by atoms with van der Waals surface area (Å²) in [5.74, 6) is -0.182. The van der Waals surface area contributed by atoms with Crippen LogP contribution >= 0.6 is 11.6 Å². The molecular formula is C38H44ClN5O9. The van der Waals surface area contributed by atoms with Crippen LogP contribution in [-0.4, -0.2) is 85.2 Å². The number of aromatic nitrogens is 1. The second-order valence-electron chi connectivity index (χ2n) is 14.0. The van der Waals surface area contributed by atoms with Gasteiger partial charge in [0.05, 0.1) is 25.3 Å². The van der Waals surface area contributed by atoms with Gasteiger partial charge in [0.1, 0.15) is 40.5 Å². The first-order chi connectivity index (χ1) is 25.1. The van der Waals surface area contributed by atoms with Crippen molar-refractivity contribution in [3.05, 3.63) is 77.0 Å². The second-order valence-corrected chi connectivity index (χ2v) is 14.4. The monoisotopic (exact) mass is 749 g/mol. The van der Waals surface area contributed by atoms with E-state index >= 15 is 0 Å². The number of nitrogens with two attached hydrogens (primary N) is 1. The molecule has 5 N–H and O–H groups in total. The molecular weight excluding hydrogens is 706 g/mol. The van der Waals surface area contributed by atoms with Gasteiger partial charge in [0.25, 0.3) is 0 Å². The Morgan fingerprint density at radius 1 is 1.19 bits per heavy atom. The van der Waals surface area contributed by atoms with Crippen molar-refractivity contribution in [3.8, 4) is 5.75 Å². The first-order valence-corrected chi connectivity index (χ1v) is 17.5. The average molecular weight is 750 g/mol. The summed E-state index contributed by atoms with van der Waals surface area (Å²) in [7, 11) is 4.52. The van der Waals surface area contributed by atoms with E-state index in [9.17, 15) is 19.5 Å². The Morgan fingerprint density at radius 3 is 2.70 bits per heavy atom. The van der Waals surface area contributed by atoms with Crippen LogP contribution in [0.25, 0.3) is 10.8 Å². The quantitative estimate of drug-likeness (QED) is 0.247. The molecule has 2 fully saturated rings. The van der Waals surface area contributed by atoms with Gasteiger partial charge in [0.2, 0.25) is 5.91 Å². The van der Waals surface area contributed by atoms with E-state index in [-0.39, 0.29) is 17.9 Å². The van der Waals surface area contributed by atoms with Crippen molar-refractivity contribution < 1.29 is 43.2 Å². The third kappa shape index (κ3) is 7.91. The fraction of sp³-hybridized carbons (Fsp3) is 0.421. The molecule has 4 heterocycles. The highest BCUT2D eigenvalue weighted by Gasteiger charge is 2.64. The van der Waals surface area contributed by atoms with Gasteiger partial charge in [0, 0.05) is 43.8 Å². The largest absolute Gasteiger partial charge is 0.495 e. The summed E-state index contributed by atoms with van der Waals surface area (Å²) in [6.45, 7) is 5.47. The Kier molecular flexibility index (Phi) is 10.6. The number of nitrogens with zero attached hydrogens (tertiary/aromatic N) is 2. The minimum atomic E-state index is -1.82. The molecule has 282 valence electrons. The smallest absolute Gasteiger partial charge is 0.412 e. The minimum Gasteiger partial charge on any atom is -0.495 e. The van der Waals surface area contributed by atoms with Gasteiger partial charge in [-0.05, 0) is 61.5 Å². The van der Waals surface area contributed by atoms with E-state index in [1.165, 1.54) is 19.1 Å². The van der Waals surface area contributed by atoms with Crippen molar-refractivity contribution in [1.29, 1.82) is 0 Å². The number of alkyl carbamates (subject to hydrolysis) is 1. The number of anilines is 3. The fourth-order valence-electron chi connectivity index (χ4n) is 7.12. The Bertz CT molecular complexity index is 1990. The molecule has 1 aromatic heterocycles. The first-order valence-electron chi connectivity index (χ1n) is 17.2. The van der Waals surface area contributed by atoms with Crippen molar-refractivity contribution in [1.82, 2.24) is 10.3 Å².